The lowest BCUT2D eigenvalue weighted by Gasteiger charge is -2.34. The van der Waals surface area contributed by atoms with E-state index in [0.717, 1.165) is 17.1 Å². The highest BCUT2D eigenvalue weighted by molar-refractivity contribution is 8.03. The number of hydrogen-bond donors (Lipinski definition) is 1. The Morgan fingerprint density at radius 2 is 2.25 bits per heavy atom. The lowest BCUT2D eigenvalue weighted by molar-refractivity contribution is -0.120. The number of carbonyl (C=O) groups excluding carboxylic acids is 1. The summed E-state index contributed by atoms with van der Waals surface area (Å²) in [4.78, 5) is 14.4. The van der Waals surface area contributed by atoms with E-state index in [-0.39, 0.29) is 23.2 Å². The summed E-state index contributed by atoms with van der Waals surface area (Å²) in [5.41, 5.74) is 1.12. The largest absolute Gasteiger partial charge is 0.354 e. The third-order valence-electron chi connectivity index (χ3n) is 3.97. The molecule has 3 unspecified atom stereocenters. The average Bonchev–Trinajstić information content (AvgIpc) is 2.87. The van der Waals surface area contributed by atoms with Crippen LogP contribution < -0.4 is 5.32 Å². The summed E-state index contributed by atoms with van der Waals surface area (Å²) in [5.74, 6) is 0.138. The van der Waals surface area contributed by atoms with Crippen LogP contribution in [0, 0.1) is 0 Å². The van der Waals surface area contributed by atoms with E-state index in [0.29, 0.717) is 6.54 Å². The normalized spacial score (nSPS) is 27.8. The first-order valence-corrected chi connectivity index (χ1v) is 8.10. The predicted molar refractivity (Wildman–Crippen MR) is 83.9 cm³/mol. The molecule has 1 amide bonds. The van der Waals surface area contributed by atoms with Crippen LogP contribution in [0.2, 0.25) is 5.02 Å². The molecule has 2 aliphatic heterocycles. The number of fused-ring (bicyclic) bond motifs is 1. The summed E-state index contributed by atoms with van der Waals surface area (Å²) < 4.78 is 0. The van der Waals surface area contributed by atoms with Crippen LogP contribution in [0.15, 0.2) is 35.7 Å². The second-order valence-corrected chi connectivity index (χ2v) is 6.56. The van der Waals surface area contributed by atoms with E-state index < -0.39 is 0 Å². The number of nitrogens with one attached hydrogen (secondary N) is 1. The van der Waals surface area contributed by atoms with E-state index in [1.54, 1.807) is 11.8 Å². The van der Waals surface area contributed by atoms with Gasteiger partial charge in [-0.05, 0) is 24.0 Å². The highest BCUT2D eigenvalue weighted by Crippen LogP contribution is 2.36. The average molecular weight is 309 g/mol. The Labute approximate surface area is 128 Å². The van der Waals surface area contributed by atoms with Crippen LogP contribution >= 0.6 is 23.4 Å². The standard InChI is InChI=1S/C15H17ClN2OS/c1-10(11-4-2-3-5-12(11)16)18-8-7-17-15(19)14-13(18)6-9-20-14/h2-6,9-10,13-14H,7-8H2,1H3,(H,17,19). The van der Waals surface area contributed by atoms with Crippen molar-refractivity contribution in [2.75, 3.05) is 13.1 Å². The second-order valence-electron chi connectivity index (χ2n) is 5.10. The van der Waals surface area contributed by atoms with Crippen molar-refractivity contribution >= 4 is 29.3 Å². The maximum absolute atomic E-state index is 12.0. The van der Waals surface area contributed by atoms with Crippen molar-refractivity contribution in [2.45, 2.75) is 24.3 Å². The van der Waals surface area contributed by atoms with Gasteiger partial charge in [-0.1, -0.05) is 35.9 Å². The zero-order valence-electron chi connectivity index (χ0n) is 11.3. The Morgan fingerprint density at radius 1 is 1.45 bits per heavy atom. The molecule has 0 saturated carbocycles. The Morgan fingerprint density at radius 3 is 3.05 bits per heavy atom. The summed E-state index contributed by atoms with van der Waals surface area (Å²) in [6.07, 6.45) is 2.13. The maximum Gasteiger partial charge on any atom is 0.235 e. The van der Waals surface area contributed by atoms with Crippen molar-refractivity contribution in [1.82, 2.24) is 10.2 Å². The van der Waals surface area contributed by atoms with Crippen LogP contribution in [0.25, 0.3) is 0 Å². The zero-order chi connectivity index (χ0) is 14.1. The summed E-state index contributed by atoms with van der Waals surface area (Å²) in [6.45, 7) is 3.68. The van der Waals surface area contributed by atoms with Gasteiger partial charge in [-0.15, -0.1) is 11.8 Å². The van der Waals surface area contributed by atoms with Crippen LogP contribution in [0.3, 0.4) is 0 Å². The van der Waals surface area contributed by atoms with Crippen molar-refractivity contribution in [3.63, 3.8) is 0 Å². The monoisotopic (exact) mass is 308 g/mol. The number of carbonyl (C=O) groups is 1. The molecule has 1 fully saturated rings. The number of amides is 1. The number of thioether (sulfide) groups is 1. The van der Waals surface area contributed by atoms with Gasteiger partial charge in [-0.2, -0.15) is 0 Å². The van der Waals surface area contributed by atoms with E-state index in [1.165, 1.54) is 0 Å². The molecular formula is C15H17ClN2OS. The van der Waals surface area contributed by atoms with Crippen LogP contribution in [-0.4, -0.2) is 35.2 Å². The van der Waals surface area contributed by atoms with E-state index in [2.05, 4.69) is 29.3 Å². The quantitative estimate of drug-likeness (QED) is 0.912. The summed E-state index contributed by atoms with van der Waals surface area (Å²) in [6, 6.07) is 8.27. The maximum atomic E-state index is 12.0. The van der Waals surface area contributed by atoms with Crippen molar-refractivity contribution < 1.29 is 4.79 Å². The predicted octanol–water partition coefficient (Wildman–Crippen LogP) is 2.83. The van der Waals surface area contributed by atoms with Gasteiger partial charge < -0.3 is 5.32 Å². The molecule has 2 aliphatic rings. The molecule has 3 rings (SSSR count). The summed E-state index contributed by atoms with van der Waals surface area (Å²) >= 11 is 7.92. The molecule has 3 atom stereocenters. The van der Waals surface area contributed by atoms with Crippen molar-refractivity contribution in [3.05, 3.63) is 46.3 Å². The summed E-state index contributed by atoms with van der Waals surface area (Å²) in [7, 11) is 0. The third-order valence-corrected chi connectivity index (χ3v) is 5.42. The smallest absolute Gasteiger partial charge is 0.235 e. The lowest BCUT2D eigenvalue weighted by atomic mass is 10.0. The molecule has 5 heteroatoms. The molecule has 3 nitrogen and oxygen atoms in total. The van der Waals surface area contributed by atoms with Gasteiger partial charge in [0.1, 0.15) is 5.25 Å². The Bertz CT molecular complexity index is 548. The lowest BCUT2D eigenvalue weighted by Crippen LogP contribution is -2.42. The van der Waals surface area contributed by atoms with Crippen LogP contribution in [-0.2, 0) is 4.79 Å². The Balaban J connectivity index is 1.90. The first-order valence-electron chi connectivity index (χ1n) is 6.78. The van der Waals surface area contributed by atoms with Gasteiger partial charge in [0.2, 0.25) is 5.91 Å². The highest BCUT2D eigenvalue weighted by Gasteiger charge is 2.38. The minimum absolute atomic E-state index is 0.0394. The van der Waals surface area contributed by atoms with E-state index in [1.807, 2.05) is 23.6 Å². The molecule has 0 bridgehead atoms. The molecule has 1 saturated heterocycles. The number of halogens is 1. The SMILES string of the molecule is CC(c1ccccc1Cl)N1CCNC(=O)C2SC=CC21. The van der Waals surface area contributed by atoms with Crippen LogP contribution in [0.1, 0.15) is 18.5 Å². The molecule has 20 heavy (non-hydrogen) atoms. The molecule has 0 radical (unpaired) electrons. The van der Waals surface area contributed by atoms with Crippen molar-refractivity contribution in [3.8, 4) is 0 Å². The van der Waals surface area contributed by atoms with Gasteiger partial charge in [0, 0.05) is 24.2 Å². The first kappa shape index (κ1) is 14.0. The molecule has 2 heterocycles. The first-order chi connectivity index (χ1) is 9.68. The van der Waals surface area contributed by atoms with E-state index in [9.17, 15) is 4.79 Å². The Kier molecular flexibility index (Phi) is 4.06. The van der Waals surface area contributed by atoms with Crippen LogP contribution in [0.5, 0.6) is 0 Å². The zero-order valence-corrected chi connectivity index (χ0v) is 12.8. The number of nitrogens with zero attached hydrogens (tertiary/aromatic N) is 1. The minimum Gasteiger partial charge on any atom is -0.354 e. The fraction of sp³-hybridized carbons (Fsp3) is 0.400. The molecular weight excluding hydrogens is 292 g/mol. The number of rotatable bonds is 2. The van der Waals surface area contributed by atoms with Crippen molar-refractivity contribution in [2.24, 2.45) is 0 Å². The number of benzene rings is 1. The number of hydrogen-bond acceptors (Lipinski definition) is 3. The second kappa shape index (κ2) is 5.80. The van der Waals surface area contributed by atoms with Gasteiger partial charge in [-0.25, -0.2) is 0 Å². The van der Waals surface area contributed by atoms with Crippen LogP contribution in [0.4, 0.5) is 0 Å². The highest BCUT2D eigenvalue weighted by atomic mass is 35.5. The van der Waals surface area contributed by atoms with Gasteiger partial charge in [0.25, 0.3) is 0 Å². The van der Waals surface area contributed by atoms with Gasteiger partial charge in [0.05, 0.1) is 6.04 Å². The van der Waals surface area contributed by atoms with Gasteiger partial charge in [0.15, 0.2) is 0 Å². The van der Waals surface area contributed by atoms with Gasteiger partial charge >= 0.3 is 0 Å². The summed E-state index contributed by atoms with van der Waals surface area (Å²) in [5, 5.41) is 5.77. The fourth-order valence-electron chi connectivity index (χ4n) is 2.90. The molecule has 0 aliphatic carbocycles. The topological polar surface area (TPSA) is 32.3 Å². The molecule has 1 aromatic carbocycles. The minimum atomic E-state index is -0.0394. The molecule has 1 aromatic rings. The fourth-order valence-corrected chi connectivity index (χ4v) is 4.23. The Hall–Kier alpha value is -0.970. The molecule has 0 spiro atoms. The molecule has 106 valence electrons. The molecule has 1 N–H and O–H groups in total. The van der Waals surface area contributed by atoms with Crippen molar-refractivity contribution in [1.29, 1.82) is 0 Å². The molecule has 0 aromatic heterocycles. The third kappa shape index (κ3) is 2.48. The van der Waals surface area contributed by atoms with E-state index in [4.69, 9.17) is 11.6 Å². The van der Waals surface area contributed by atoms with E-state index >= 15 is 0 Å². The van der Waals surface area contributed by atoms with Gasteiger partial charge in [-0.3, -0.25) is 9.69 Å².